The lowest BCUT2D eigenvalue weighted by atomic mass is 10.2. The average molecular weight is 279 g/mol. The molecule has 0 radical (unpaired) electrons. The molecular formula is C15H21NO4. The van der Waals surface area contributed by atoms with Gasteiger partial charge in [-0.25, -0.2) is 4.79 Å². The Bertz CT molecular complexity index is 432. The molecule has 1 fully saturated rings. The number of carbonyl (C=O) groups is 1. The normalized spacial score (nSPS) is 19.8. The largest absolute Gasteiger partial charge is 0.494 e. The molecule has 2 rings (SSSR count). The van der Waals surface area contributed by atoms with Crippen molar-refractivity contribution in [2.75, 3.05) is 32.9 Å². The highest BCUT2D eigenvalue weighted by Crippen LogP contribution is 2.13. The van der Waals surface area contributed by atoms with Crippen LogP contribution in [-0.2, 0) is 4.74 Å². The third-order valence-corrected chi connectivity index (χ3v) is 3.46. The molecule has 1 aliphatic rings. The van der Waals surface area contributed by atoms with Gasteiger partial charge in [0.05, 0.1) is 25.4 Å². The Labute approximate surface area is 119 Å². The van der Waals surface area contributed by atoms with E-state index in [1.165, 1.54) is 0 Å². The Morgan fingerprint density at radius 3 is 2.85 bits per heavy atom. The molecule has 1 atom stereocenters. The minimum atomic E-state index is -0.919. The summed E-state index contributed by atoms with van der Waals surface area (Å²) in [5.41, 5.74) is 0.277. The zero-order valence-electron chi connectivity index (χ0n) is 11.7. The summed E-state index contributed by atoms with van der Waals surface area (Å²) in [6, 6.07) is 6.98. The molecule has 5 nitrogen and oxygen atoms in total. The first-order valence-corrected chi connectivity index (χ1v) is 6.95. The Morgan fingerprint density at radius 1 is 1.45 bits per heavy atom. The van der Waals surface area contributed by atoms with Gasteiger partial charge in [-0.05, 0) is 37.6 Å². The Hall–Kier alpha value is -1.59. The van der Waals surface area contributed by atoms with Crippen molar-refractivity contribution in [1.82, 2.24) is 4.90 Å². The summed E-state index contributed by atoms with van der Waals surface area (Å²) in [7, 11) is 0. The molecule has 110 valence electrons. The topological polar surface area (TPSA) is 59.0 Å². The van der Waals surface area contributed by atoms with Crippen molar-refractivity contribution in [3.05, 3.63) is 29.8 Å². The molecule has 1 aromatic carbocycles. The van der Waals surface area contributed by atoms with Gasteiger partial charge in [0.15, 0.2) is 0 Å². The highest BCUT2D eigenvalue weighted by atomic mass is 16.5. The first-order valence-electron chi connectivity index (χ1n) is 6.95. The van der Waals surface area contributed by atoms with Crippen LogP contribution in [-0.4, -0.2) is 54.9 Å². The third kappa shape index (κ3) is 4.21. The number of hydrogen-bond acceptors (Lipinski definition) is 4. The molecule has 1 N–H and O–H groups in total. The van der Waals surface area contributed by atoms with Crippen LogP contribution in [0.1, 0.15) is 23.7 Å². The maximum absolute atomic E-state index is 10.7. The van der Waals surface area contributed by atoms with Gasteiger partial charge in [-0.1, -0.05) is 0 Å². The van der Waals surface area contributed by atoms with E-state index in [9.17, 15) is 4.79 Å². The van der Waals surface area contributed by atoms with Gasteiger partial charge < -0.3 is 14.6 Å². The van der Waals surface area contributed by atoms with Crippen molar-refractivity contribution in [2.45, 2.75) is 19.4 Å². The van der Waals surface area contributed by atoms with E-state index in [0.29, 0.717) is 18.4 Å². The van der Waals surface area contributed by atoms with E-state index in [-0.39, 0.29) is 5.56 Å². The van der Waals surface area contributed by atoms with Crippen LogP contribution in [0, 0.1) is 0 Å². The fourth-order valence-electron chi connectivity index (χ4n) is 2.25. The van der Waals surface area contributed by atoms with Crippen LogP contribution in [0.4, 0.5) is 0 Å². The number of nitrogens with zero attached hydrogens (tertiary/aromatic N) is 1. The molecular weight excluding hydrogens is 258 g/mol. The monoisotopic (exact) mass is 279 g/mol. The Morgan fingerprint density at radius 2 is 2.20 bits per heavy atom. The predicted octanol–water partition coefficient (Wildman–Crippen LogP) is 1.87. The minimum absolute atomic E-state index is 0.277. The van der Waals surface area contributed by atoms with Crippen molar-refractivity contribution >= 4 is 5.97 Å². The summed E-state index contributed by atoms with van der Waals surface area (Å²) >= 11 is 0. The van der Waals surface area contributed by atoms with Crippen LogP contribution in [0.5, 0.6) is 5.75 Å². The SMILES string of the molecule is CC1COCCN1CCCOc1ccc(C(=O)O)cc1. The summed E-state index contributed by atoms with van der Waals surface area (Å²) < 4.78 is 11.0. The van der Waals surface area contributed by atoms with Crippen LogP contribution in [0.2, 0.25) is 0 Å². The minimum Gasteiger partial charge on any atom is -0.494 e. The number of carboxylic acids is 1. The van der Waals surface area contributed by atoms with E-state index in [0.717, 1.165) is 32.7 Å². The lowest BCUT2D eigenvalue weighted by Crippen LogP contribution is -2.44. The number of rotatable bonds is 6. The smallest absolute Gasteiger partial charge is 0.335 e. The van der Waals surface area contributed by atoms with E-state index in [1.807, 2.05) is 0 Å². The molecule has 0 aromatic heterocycles. The molecule has 1 heterocycles. The maximum atomic E-state index is 10.7. The van der Waals surface area contributed by atoms with Gasteiger partial charge in [0, 0.05) is 19.1 Å². The van der Waals surface area contributed by atoms with E-state index >= 15 is 0 Å². The standard InChI is InChI=1S/C15H21NO4/c1-12-11-19-10-8-16(12)7-2-9-20-14-5-3-13(4-6-14)15(17)18/h3-6,12H,2,7-11H2,1H3,(H,17,18). The van der Waals surface area contributed by atoms with E-state index in [2.05, 4.69) is 11.8 Å². The molecule has 0 bridgehead atoms. The molecule has 5 heteroatoms. The number of benzene rings is 1. The summed E-state index contributed by atoms with van der Waals surface area (Å²) in [6.07, 6.45) is 0.949. The third-order valence-electron chi connectivity index (χ3n) is 3.46. The van der Waals surface area contributed by atoms with Gasteiger partial charge in [-0.15, -0.1) is 0 Å². The summed E-state index contributed by atoms with van der Waals surface area (Å²) in [4.78, 5) is 13.1. The highest BCUT2D eigenvalue weighted by molar-refractivity contribution is 5.87. The van der Waals surface area contributed by atoms with Gasteiger partial charge in [-0.2, -0.15) is 0 Å². The molecule has 1 aromatic rings. The number of ether oxygens (including phenoxy) is 2. The summed E-state index contributed by atoms with van der Waals surface area (Å²) in [6.45, 7) is 6.40. The van der Waals surface area contributed by atoms with Crippen LogP contribution >= 0.6 is 0 Å². The second-order valence-corrected chi connectivity index (χ2v) is 4.99. The van der Waals surface area contributed by atoms with Crippen LogP contribution in [0.15, 0.2) is 24.3 Å². The second kappa shape index (κ2) is 7.26. The fraction of sp³-hybridized carbons (Fsp3) is 0.533. The fourth-order valence-corrected chi connectivity index (χ4v) is 2.25. The number of morpholine rings is 1. The highest BCUT2D eigenvalue weighted by Gasteiger charge is 2.17. The van der Waals surface area contributed by atoms with E-state index in [1.54, 1.807) is 24.3 Å². The molecule has 0 saturated carbocycles. The average Bonchev–Trinajstić information content (AvgIpc) is 2.46. The van der Waals surface area contributed by atoms with Crippen molar-refractivity contribution in [3.63, 3.8) is 0 Å². The number of carboxylic acid groups (broad SMARTS) is 1. The molecule has 1 saturated heterocycles. The molecule has 0 spiro atoms. The molecule has 20 heavy (non-hydrogen) atoms. The zero-order valence-corrected chi connectivity index (χ0v) is 11.7. The van der Waals surface area contributed by atoms with Crippen LogP contribution in [0.25, 0.3) is 0 Å². The molecule has 0 amide bonds. The maximum Gasteiger partial charge on any atom is 0.335 e. The van der Waals surface area contributed by atoms with Gasteiger partial charge in [0.1, 0.15) is 5.75 Å². The lowest BCUT2D eigenvalue weighted by molar-refractivity contribution is -0.00200. The van der Waals surface area contributed by atoms with Gasteiger partial charge >= 0.3 is 5.97 Å². The van der Waals surface area contributed by atoms with Crippen molar-refractivity contribution in [1.29, 1.82) is 0 Å². The van der Waals surface area contributed by atoms with Gasteiger partial charge in [-0.3, -0.25) is 4.90 Å². The van der Waals surface area contributed by atoms with E-state index in [4.69, 9.17) is 14.6 Å². The van der Waals surface area contributed by atoms with Crippen molar-refractivity contribution < 1.29 is 19.4 Å². The lowest BCUT2D eigenvalue weighted by Gasteiger charge is -2.33. The van der Waals surface area contributed by atoms with Crippen molar-refractivity contribution in [3.8, 4) is 5.75 Å². The first kappa shape index (κ1) is 14.8. The van der Waals surface area contributed by atoms with Gasteiger partial charge in [0.2, 0.25) is 0 Å². The molecule has 0 aliphatic carbocycles. The first-order chi connectivity index (χ1) is 9.66. The second-order valence-electron chi connectivity index (χ2n) is 4.99. The number of hydrogen-bond donors (Lipinski definition) is 1. The summed E-state index contributed by atoms with van der Waals surface area (Å²) in [5.74, 6) is -0.206. The van der Waals surface area contributed by atoms with Crippen LogP contribution < -0.4 is 4.74 Å². The Balaban J connectivity index is 1.69. The number of aromatic carboxylic acids is 1. The van der Waals surface area contributed by atoms with Crippen molar-refractivity contribution in [2.24, 2.45) is 0 Å². The molecule has 1 aliphatic heterocycles. The summed E-state index contributed by atoms with van der Waals surface area (Å²) in [5, 5.41) is 8.80. The van der Waals surface area contributed by atoms with Gasteiger partial charge in [0.25, 0.3) is 0 Å². The predicted molar refractivity (Wildman–Crippen MR) is 75.4 cm³/mol. The quantitative estimate of drug-likeness (QED) is 0.806. The van der Waals surface area contributed by atoms with E-state index < -0.39 is 5.97 Å². The Kier molecular flexibility index (Phi) is 5.38. The molecule has 1 unspecified atom stereocenters. The zero-order chi connectivity index (χ0) is 14.4. The van der Waals surface area contributed by atoms with Crippen LogP contribution in [0.3, 0.4) is 0 Å².